The van der Waals surface area contributed by atoms with Crippen LogP contribution in [0.1, 0.15) is 31.7 Å². The third-order valence-corrected chi connectivity index (χ3v) is 6.61. The number of benzene rings is 1. The van der Waals surface area contributed by atoms with E-state index in [0.717, 1.165) is 16.5 Å². The smallest absolute Gasteiger partial charge is 0.227 e. The quantitative estimate of drug-likeness (QED) is 0.307. The van der Waals surface area contributed by atoms with Crippen LogP contribution in [0.25, 0.3) is 10.8 Å². The predicted molar refractivity (Wildman–Crippen MR) is 153 cm³/mol. The molecule has 0 spiro atoms. The SMILES string of the molecule is [B]C([B])([B])OC1CCN(c2nccc(Nc3cc4c(C(C)C)ccc(OCCn5cnnc5)c4cn3)n2)CC1F. The minimum absolute atomic E-state index is 0.0241. The van der Waals surface area contributed by atoms with Gasteiger partial charge >= 0.3 is 0 Å². The van der Waals surface area contributed by atoms with Gasteiger partial charge in [0.25, 0.3) is 0 Å². The van der Waals surface area contributed by atoms with Crippen LogP contribution >= 0.6 is 0 Å². The predicted octanol–water partition coefficient (Wildman–Crippen LogP) is 2.61. The van der Waals surface area contributed by atoms with Gasteiger partial charge in [0, 0.05) is 24.3 Å². The summed E-state index contributed by atoms with van der Waals surface area (Å²) in [6.07, 6.45) is 4.91. The molecular formula is C26H28B3FN8O2. The van der Waals surface area contributed by atoms with Crippen molar-refractivity contribution in [3.05, 3.63) is 54.9 Å². The molecule has 1 aliphatic rings. The first-order valence-corrected chi connectivity index (χ1v) is 13.1. The van der Waals surface area contributed by atoms with Crippen molar-refractivity contribution in [1.29, 1.82) is 0 Å². The van der Waals surface area contributed by atoms with Crippen molar-refractivity contribution in [2.75, 3.05) is 29.9 Å². The number of alkyl halides is 1. The number of pyridine rings is 1. The molecule has 1 aromatic carbocycles. The zero-order valence-corrected chi connectivity index (χ0v) is 22.4. The highest BCUT2D eigenvalue weighted by molar-refractivity contribution is 6.58. The number of hydrogen-bond acceptors (Lipinski definition) is 9. The van der Waals surface area contributed by atoms with Crippen LogP contribution < -0.4 is 15.0 Å². The first-order chi connectivity index (χ1) is 19.2. The summed E-state index contributed by atoms with van der Waals surface area (Å²) in [7, 11) is 16.4. The number of rotatable bonds is 10. The molecule has 6 radical (unpaired) electrons. The van der Waals surface area contributed by atoms with Gasteiger partial charge in [0.2, 0.25) is 5.95 Å². The van der Waals surface area contributed by atoms with Gasteiger partial charge in [-0.15, -0.1) is 10.2 Å². The van der Waals surface area contributed by atoms with Crippen LogP contribution in [0.15, 0.2) is 49.3 Å². The molecule has 1 fully saturated rings. The number of fused-ring (bicyclic) bond motifs is 1. The van der Waals surface area contributed by atoms with Crippen LogP contribution in [0.4, 0.5) is 22.0 Å². The van der Waals surface area contributed by atoms with E-state index < -0.39 is 17.6 Å². The summed E-state index contributed by atoms with van der Waals surface area (Å²) in [6, 6.07) is 7.78. The second-order valence-electron chi connectivity index (χ2n) is 10.1. The number of hydrogen-bond donors (Lipinski definition) is 1. The molecule has 1 saturated heterocycles. The molecule has 4 heterocycles. The Morgan fingerprint density at radius 1 is 1.10 bits per heavy atom. The fourth-order valence-electron chi connectivity index (χ4n) is 4.69. The monoisotopic (exact) mass is 536 g/mol. The van der Waals surface area contributed by atoms with Gasteiger partial charge in [0.15, 0.2) is 0 Å². The topological polar surface area (TPSA) is 103 Å². The van der Waals surface area contributed by atoms with Gasteiger partial charge < -0.3 is 24.3 Å². The summed E-state index contributed by atoms with van der Waals surface area (Å²) >= 11 is 0. The molecule has 14 heteroatoms. The zero-order valence-electron chi connectivity index (χ0n) is 22.4. The van der Waals surface area contributed by atoms with E-state index in [1.165, 1.54) is 5.56 Å². The standard InChI is InChI=1S/C26H28B3FN8O2/c1-16(2)17-3-4-21(39-10-9-37-14-33-34-15-37)19-12-32-24(11-18(17)19)35-23-5-7-31-25(36-23)38-8-6-22(20(30)13-38)40-26(27,28)29/h3-5,7,11-12,14-16,20,22H,6,8-10,13H2,1-2H3,(H,31,32,35,36). The van der Waals surface area contributed by atoms with Crippen molar-refractivity contribution in [1.82, 2.24) is 29.7 Å². The fraction of sp³-hybridized carbons (Fsp3) is 0.423. The molecular weight excluding hydrogens is 508 g/mol. The van der Waals surface area contributed by atoms with Crippen LogP contribution in [0.3, 0.4) is 0 Å². The number of aromatic nitrogens is 6. The lowest BCUT2D eigenvalue weighted by Crippen LogP contribution is -2.50. The molecule has 3 aromatic heterocycles. The second-order valence-corrected chi connectivity index (χ2v) is 10.1. The van der Waals surface area contributed by atoms with Crippen molar-refractivity contribution in [2.45, 2.75) is 50.3 Å². The molecule has 2 unspecified atom stereocenters. The van der Waals surface area contributed by atoms with E-state index in [-0.39, 0.29) is 12.5 Å². The largest absolute Gasteiger partial charge is 0.491 e. The van der Waals surface area contributed by atoms with E-state index in [9.17, 15) is 4.39 Å². The highest BCUT2D eigenvalue weighted by Gasteiger charge is 2.33. The number of nitrogens with one attached hydrogen (secondary N) is 1. The Hall–Kier alpha value is -3.67. The van der Waals surface area contributed by atoms with Gasteiger partial charge in [-0.05, 0) is 46.8 Å². The number of halogens is 1. The van der Waals surface area contributed by atoms with Gasteiger partial charge in [0.05, 0.1) is 42.7 Å². The summed E-state index contributed by atoms with van der Waals surface area (Å²) in [5, 5.41) is 11.0. The highest BCUT2D eigenvalue weighted by atomic mass is 19.1. The minimum atomic E-state index is -1.88. The zero-order chi connectivity index (χ0) is 28.3. The van der Waals surface area contributed by atoms with E-state index >= 15 is 0 Å². The Morgan fingerprint density at radius 3 is 2.62 bits per heavy atom. The van der Waals surface area contributed by atoms with E-state index in [2.05, 4.69) is 50.4 Å². The molecule has 0 aliphatic carbocycles. The molecule has 2 atom stereocenters. The molecule has 200 valence electrons. The lowest BCUT2D eigenvalue weighted by Gasteiger charge is -2.38. The first kappa shape index (κ1) is 27.9. The van der Waals surface area contributed by atoms with E-state index in [4.69, 9.17) is 33.0 Å². The lowest BCUT2D eigenvalue weighted by molar-refractivity contribution is -0.0185. The molecule has 0 bridgehead atoms. The lowest BCUT2D eigenvalue weighted by atomic mass is 9.52. The molecule has 0 amide bonds. The molecule has 40 heavy (non-hydrogen) atoms. The Bertz CT molecular complexity index is 1440. The summed E-state index contributed by atoms with van der Waals surface area (Å²) in [5.41, 5.74) is 1.17. The van der Waals surface area contributed by atoms with Crippen molar-refractivity contribution in [2.24, 2.45) is 0 Å². The van der Waals surface area contributed by atoms with Crippen molar-refractivity contribution in [3.63, 3.8) is 0 Å². The Morgan fingerprint density at radius 2 is 1.90 bits per heavy atom. The molecule has 10 nitrogen and oxygen atoms in total. The van der Waals surface area contributed by atoms with Gasteiger partial charge in [-0.1, -0.05) is 19.9 Å². The van der Waals surface area contributed by atoms with Crippen LogP contribution in [-0.4, -0.2) is 90.5 Å². The number of anilines is 3. The average Bonchev–Trinajstić information content (AvgIpc) is 3.43. The Kier molecular flexibility index (Phi) is 8.25. The van der Waals surface area contributed by atoms with Crippen LogP contribution in [0, 0.1) is 0 Å². The van der Waals surface area contributed by atoms with Crippen molar-refractivity contribution in [3.8, 4) is 5.75 Å². The summed E-state index contributed by atoms with van der Waals surface area (Å²) in [6.45, 7) is 5.86. The van der Waals surface area contributed by atoms with Crippen LogP contribution in [0.5, 0.6) is 5.75 Å². The first-order valence-electron chi connectivity index (χ1n) is 13.1. The maximum atomic E-state index is 14.8. The third kappa shape index (κ3) is 6.72. The molecule has 1 aliphatic heterocycles. The van der Waals surface area contributed by atoms with Crippen LogP contribution in [-0.2, 0) is 11.3 Å². The van der Waals surface area contributed by atoms with E-state index in [1.807, 2.05) is 16.7 Å². The maximum absolute atomic E-state index is 14.8. The second kappa shape index (κ2) is 11.8. The third-order valence-electron chi connectivity index (χ3n) is 6.61. The summed E-state index contributed by atoms with van der Waals surface area (Å²) < 4.78 is 27.9. The molecule has 5 rings (SSSR count). The van der Waals surface area contributed by atoms with Gasteiger partial charge in [-0.3, -0.25) is 0 Å². The van der Waals surface area contributed by atoms with Crippen LogP contribution in [0.2, 0.25) is 0 Å². The van der Waals surface area contributed by atoms with Gasteiger partial charge in [0.1, 0.15) is 42.8 Å². The number of piperidine rings is 1. The highest BCUT2D eigenvalue weighted by Crippen LogP contribution is 2.34. The van der Waals surface area contributed by atoms with E-state index in [1.54, 1.807) is 36.0 Å². The van der Waals surface area contributed by atoms with Crippen molar-refractivity contribution >= 4 is 51.9 Å². The van der Waals surface area contributed by atoms with Crippen molar-refractivity contribution < 1.29 is 13.9 Å². The normalized spacial score (nSPS) is 17.9. The number of nitrogens with zero attached hydrogens (tertiary/aromatic N) is 7. The summed E-state index contributed by atoms with van der Waals surface area (Å²) in [5.74, 6) is 2.57. The average molecular weight is 536 g/mol. The van der Waals surface area contributed by atoms with Gasteiger partial charge in [-0.25, -0.2) is 14.4 Å². The fourth-order valence-corrected chi connectivity index (χ4v) is 4.69. The minimum Gasteiger partial charge on any atom is -0.491 e. The number of ether oxygens (including phenoxy) is 2. The van der Waals surface area contributed by atoms with Gasteiger partial charge in [-0.2, -0.15) is 4.98 Å². The summed E-state index contributed by atoms with van der Waals surface area (Å²) in [4.78, 5) is 15.3. The maximum Gasteiger partial charge on any atom is 0.227 e. The molecule has 4 aromatic rings. The molecule has 1 N–H and O–H groups in total. The molecule has 0 saturated carbocycles. The van der Waals surface area contributed by atoms with E-state index in [0.29, 0.717) is 43.7 Å². The Labute approximate surface area is 236 Å². The Balaban J connectivity index is 1.32.